The van der Waals surface area contributed by atoms with Crippen molar-refractivity contribution >= 4 is 5.97 Å². The molecule has 5 heteroatoms. The Hall–Kier alpha value is -1.36. The van der Waals surface area contributed by atoms with Crippen molar-refractivity contribution in [1.82, 2.24) is 14.9 Å². The summed E-state index contributed by atoms with van der Waals surface area (Å²) in [4.78, 5) is 20.7. The lowest BCUT2D eigenvalue weighted by Crippen LogP contribution is -2.30. The molecule has 2 atom stereocenters. The van der Waals surface area contributed by atoms with Gasteiger partial charge in [-0.05, 0) is 26.4 Å². The topological polar surface area (TPSA) is 69.2 Å². The number of nitrogens with one attached hydrogen (secondary N) is 1. The third-order valence-corrected chi connectivity index (χ3v) is 3.63. The van der Waals surface area contributed by atoms with Crippen molar-refractivity contribution in [3.63, 3.8) is 0 Å². The number of nitrogens with zero attached hydrogens (tertiary/aromatic N) is 2. The molecule has 2 unspecified atom stereocenters. The van der Waals surface area contributed by atoms with Crippen molar-refractivity contribution in [3.8, 4) is 0 Å². The van der Waals surface area contributed by atoms with Crippen LogP contribution in [-0.2, 0) is 11.2 Å². The summed E-state index contributed by atoms with van der Waals surface area (Å²) in [5, 5.41) is 8.89. The van der Waals surface area contributed by atoms with Gasteiger partial charge in [-0.1, -0.05) is 6.92 Å². The van der Waals surface area contributed by atoms with Crippen molar-refractivity contribution in [1.29, 1.82) is 0 Å². The van der Waals surface area contributed by atoms with Gasteiger partial charge >= 0.3 is 5.97 Å². The minimum absolute atomic E-state index is 0.391. The van der Waals surface area contributed by atoms with Gasteiger partial charge in [0, 0.05) is 30.8 Å². The van der Waals surface area contributed by atoms with Crippen LogP contribution in [0.5, 0.6) is 0 Å². The first-order valence-corrected chi connectivity index (χ1v) is 6.51. The van der Waals surface area contributed by atoms with Crippen LogP contribution in [0.2, 0.25) is 0 Å². The summed E-state index contributed by atoms with van der Waals surface area (Å²) >= 11 is 0. The average molecular weight is 251 g/mol. The lowest BCUT2D eigenvalue weighted by atomic mass is 9.96. The van der Waals surface area contributed by atoms with Crippen LogP contribution in [0.4, 0.5) is 0 Å². The zero-order valence-electron chi connectivity index (χ0n) is 11.0. The van der Waals surface area contributed by atoms with Crippen LogP contribution in [0.25, 0.3) is 0 Å². The number of aliphatic carboxylic acids is 1. The molecule has 0 bridgehead atoms. The lowest BCUT2D eigenvalue weighted by Gasteiger charge is -2.28. The van der Waals surface area contributed by atoms with Crippen LogP contribution in [-0.4, -0.2) is 46.1 Å². The highest BCUT2D eigenvalue weighted by Gasteiger charge is 2.21. The fourth-order valence-corrected chi connectivity index (χ4v) is 2.49. The molecule has 18 heavy (non-hydrogen) atoms. The number of imidazole rings is 1. The maximum absolute atomic E-state index is 10.8. The van der Waals surface area contributed by atoms with Gasteiger partial charge in [0.15, 0.2) is 0 Å². The molecule has 5 nitrogen and oxygen atoms in total. The van der Waals surface area contributed by atoms with Gasteiger partial charge in [0.25, 0.3) is 0 Å². The Balaban J connectivity index is 1.99. The number of carbonyl (C=O) groups is 1. The Labute approximate surface area is 107 Å². The van der Waals surface area contributed by atoms with E-state index in [1.807, 2.05) is 6.20 Å². The molecule has 1 fully saturated rings. The van der Waals surface area contributed by atoms with Crippen molar-refractivity contribution in [3.05, 3.63) is 17.7 Å². The minimum atomic E-state index is -0.773. The fraction of sp³-hybridized carbons (Fsp3) is 0.692. The first kappa shape index (κ1) is 13.1. The maximum atomic E-state index is 10.8. The van der Waals surface area contributed by atoms with Crippen LogP contribution in [0.1, 0.15) is 37.2 Å². The van der Waals surface area contributed by atoms with Crippen LogP contribution in [0.15, 0.2) is 6.20 Å². The summed E-state index contributed by atoms with van der Waals surface area (Å²) in [6, 6.07) is 0. The van der Waals surface area contributed by atoms with E-state index in [2.05, 4.69) is 21.9 Å². The zero-order valence-corrected chi connectivity index (χ0v) is 11.0. The van der Waals surface area contributed by atoms with Crippen LogP contribution >= 0.6 is 0 Å². The molecular formula is C13H21N3O2. The lowest BCUT2D eigenvalue weighted by molar-refractivity contribution is -0.141. The van der Waals surface area contributed by atoms with E-state index in [1.54, 1.807) is 6.92 Å². The number of hydrogen-bond donors (Lipinski definition) is 2. The molecule has 1 aliphatic heterocycles. The van der Waals surface area contributed by atoms with Gasteiger partial charge in [0.05, 0.1) is 5.92 Å². The Morgan fingerprint density at radius 1 is 1.72 bits per heavy atom. The molecule has 2 rings (SSSR count). The highest BCUT2D eigenvalue weighted by molar-refractivity contribution is 5.69. The summed E-state index contributed by atoms with van der Waals surface area (Å²) in [5.74, 6) is 0.127. The van der Waals surface area contributed by atoms with E-state index in [9.17, 15) is 4.79 Å². The van der Waals surface area contributed by atoms with Crippen LogP contribution in [0.3, 0.4) is 0 Å². The minimum Gasteiger partial charge on any atom is -0.481 e. The third kappa shape index (κ3) is 3.10. The van der Waals surface area contributed by atoms with Crippen LogP contribution in [0, 0.1) is 5.92 Å². The molecule has 0 spiro atoms. The molecule has 2 heterocycles. The molecule has 0 amide bonds. The molecule has 1 aromatic heterocycles. The molecule has 1 aliphatic rings. The van der Waals surface area contributed by atoms with Crippen molar-refractivity contribution in [2.45, 2.75) is 32.1 Å². The molecule has 1 aromatic rings. The standard InChI is InChI=1S/C13H21N3O2/c1-9(13(17)18)6-12-14-7-11(15-12)10-4-3-5-16(2)8-10/h7,9-10H,3-6,8H2,1-2H3,(H,14,15)(H,17,18). The molecule has 2 N–H and O–H groups in total. The predicted molar refractivity (Wildman–Crippen MR) is 68.6 cm³/mol. The van der Waals surface area contributed by atoms with E-state index in [4.69, 9.17) is 5.11 Å². The molecule has 0 aromatic carbocycles. The monoisotopic (exact) mass is 251 g/mol. The normalized spacial score (nSPS) is 22.9. The second-order valence-electron chi connectivity index (χ2n) is 5.33. The molecule has 0 saturated carbocycles. The molecule has 0 aliphatic carbocycles. The third-order valence-electron chi connectivity index (χ3n) is 3.63. The van der Waals surface area contributed by atoms with Gasteiger partial charge < -0.3 is 15.0 Å². The quantitative estimate of drug-likeness (QED) is 0.850. The number of rotatable bonds is 4. The van der Waals surface area contributed by atoms with Crippen molar-refractivity contribution < 1.29 is 9.90 Å². The highest BCUT2D eigenvalue weighted by atomic mass is 16.4. The first-order chi connectivity index (χ1) is 8.56. The number of likely N-dealkylation sites (N-methyl/N-ethyl adjacent to an activating group) is 1. The van der Waals surface area contributed by atoms with E-state index < -0.39 is 11.9 Å². The van der Waals surface area contributed by atoms with E-state index in [0.717, 1.165) is 24.6 Å². The summed E-state index contributed by atoms with van der Waals surface area (Å²) in [6.07, 6.45) is 4.73. The summed E-state index contributed by atoms with van der Waals surface area (Å²) in [7, 11) is 2.13. The molecule has 0 radical (unpaired) electrons. The SMILES string of the molecule is CC(Cc1ncc(C2CCCN(C)C2)[nH]1)C(=O)O. The van der Waals surface area contributed by atoms with Gasteiger partial charge in [0.2, 0.25) is 0 Å². The van der Waals surface area contributed by atoms with Gasteiger partial charge in [0.1, 0.15) is 5.82 Å². The summed E-state index contributed by atoms with van der Waals surface area (Å²) < 4.78 is 0. The number of aromatic nitrogens is 2. The van der Waals surface area contributed by atoms with Crippen LogP contribution < -0.4 is 0 Å². The maximum Gasteiger partial charge on any atom is 0.306 e. The summed E-state index contributed by atoms with van der Waals surface area (Å²) in [6.45, 7) is 3.92. The average Bonchev–Trinajstić information content (AvgIpc) is 2.77. The van der Waals surface area contributed by atoms with Crippen molar-refractivity contribution in [2.75, 3.05) is 20.1 Å². The molecule has 100 valence electrons. The Kier molecular flexibility index (Phi) is 4.01. The number of hydrogen-bond acceptors (Lipinski definition) is 3. The van der Waals surface area contributed by atoms with E-state index >= 15 is 0 Å². The van der Waals surface area contributed by atoms with Gasteiger partial charge in [-0.15, -0.1) is 0 Å². The number of piperidine rings is 1. The number of carboxylic acid groups (broad SMARTS) is 1. The first-order valence-electron chi connectivity index (χ1n) is 6.51. The van der Waals surface area contributed by atoms with E-state index in [-0.39, 0.29) is 0 Å². The second kappa shape index (κ2) is 5.52. The summed E-state index contributed by atoms with van der Waals surface area (Å²) in [5.41, 5.74) is 1.15. The van der Waals surface area contributed by atoms with Crippen molar-refractivity contribution in [2.24, 2.45) is 5.92 Å². The second-order valence-corrected chi connectivity index (χ2v) is 5.33. The largest absolute Gasteiger partial charge is 0.481 e. The fourth-order valence-electron chi connectivity index (χ4n) is 2.49. The predicted octanol–water partition coefficient (Wildman–Crippen LogP) is 1.48. The van der Waals surface area contributed by atoms with Gasteiger partial charge in [-0.25, -0.2) is 4.98 Å². The van der Waals surface area contributed by atoms with Gasteiger partial charge in [-0.2, -0.15) is 0 Å². The number of aromatic amines is 1. The Bertz CT molecular complexity index is 416. The Morgan fingerprint density at radius 2 is 2.50 bits per heavy atom. The number of carboxylic acids is 1. The van der Waals surface area contributed by atoms with E-state index in [1.165, 1.54) is 12.8 Å². The Morgan fingerprint density at radius 3 is 3.17 bits per heavy atom. The zero-order chi connectivity index (χ0) is 13.1. The highest BCUT2D eigenvalue weighted by Crippen LogP contribution is 2.25. The smallest absolute Gasteiger partial charge is 0.306 e. The molecule has 1 saturated heterocycles. The number of likely N-dealkylation sites (tertiary alicyclic amines) is 1. The molecular weight excluding hydrogens is 230 g/mol. The van der Waals surface area contributed by atoms with Gasteiger partial charge in [-0.3, -0.25) is 4.79 Å². The number of H-pyrrole nitrogens is 1. The van der Waals surface area contributed by atoms with E-state index in [0.29, 0.717) is 12.3 Å².